The Labute approximate surface area is 97.2 Å². The van der Waals surface area contributed by atoms with Crippen LogP contribution in [0.2, 0.25) is 0 Å². The molecule has 2 rings (SSSR count). The zero-order valence-electron chi connectivity index (χ0n) is 8.41. The number of nitrogens with two attached hydrogens (primary N) is 1. The first-order chi connectivity index (χ1) is 7.24. The maximum atomic E-state index is 8.90. The second-order valence-corrected chi connectivity index (χ2v) is 4.65. The second kappa shape index (κ2) is 4.23. The van der Waals surface area contributed by atoms with Gasteiger partial charge in [-0.2, -0.15) is 10.4 Å². The molecule has 1 fully saturated rings. The minimum atomic E-state index is 0.372. The van der Waals surface area contributed by atoms with E-state index in [0.29, 0.717) is 22.0 Å². The quantitative estimate of drug-likeness (QED) is 0.852. The van der Waals surface area contributed by atoms with Gasteiger partial charge in [0.2, 0.25) is 0 Å². The van der Waals surface area contributed by atoms with Crippen molar-refractivity contribution in [1.29, 1.82) is 5.26 Å². The number of aromatic nitrogens is 2. The van der Waals surface area contributed by atoms with Crippen LogP contribution in [0.3, 0.4) is 0 Å². The van der Waals surface area contributed by atoms with Crippen molar-refractivity contribution in [2.75, 3.05) is 5.73 Å². The fraction of sp³-hybridized carbons (Fsp3) is 0.600. The Kier molecular flexibility index (Phi) is 2.96. The SMILES string of the molecule is N#Cc1c(Br)nn(C2CCCCC2)c1N. The summed E-state index contributed by atoms with van der Waals surface area (Å²) in [5.41, 5.74) is 6.35. The van der Waals surface area contributed by atoms with Crippen molar-refractivity contribution in [3.8, 4) is 6.07 Å². The molecular weight excluding hydrogens is 256 g/mol. The number of anilines is 1. The Morgan fingerprint density at radius 2 is 2.07 bits per heavy atom. The summed E-state index contributed by atoms with van der Waals surface area (Å²) in [6, 6.07) is 2.44. The third-order valence-electron chi connectivity index (χ3n) is 2.94. The van der Waals surface area contributed by atoms with E-state index in [0.717, 1.165) is 12.8 Å². The molecular formula is C10H13BrN4. The summed E-state index contributed by atoms with van der Waals surface area (Å²) in [5.74, 6) is 0.497. The Balaban J connectivity index is 2.32. The highest BCUT2D eigenvalue weighted by atomic mass is 79.9. The molecule has 1 aromatic heterocycles. The molecule has 0 atom stereocenters. The van der Waals surface area contributed by atoms with Crippen LogP contribution in [0.15, 0.2) is 4.60 Å². The highest BCUT2D eigenvalue weighted by molar-refractivity contribution is 9.10. The molecule has 2 N–H and O–H groups in total. The van der Waals surface area contributed by atoms with E-state index in [1.807, 2.05) is 4.68 Å². The van der Waals surface area contributed by atoms with Gasteiger partial charge in [0.25, 0.3) is 0 Å². The van der Waals surface area contributed by atoms with E-state index in [2.05, 4.69) is 27.1 Å². The highest BCUT2D eigenvalue weighted by Gasteiger charge is 2.21. The lowest BCUT2D eigenvalue weighted by Gasteiger charge is -2.22. The van der Waals surface area contributed by atoms with Crippen LogP contribution in [-0.2, 0) is 0 Å². The van der Waals surface area contributed by atoms with Crippen LogP contribution in [0.5, 0.6) is 0 Å². The lowest BCUT2D eigenvalue weighted by atomic mass is 9.96. The van der Waals surface area contributed by atoms with Gasteiger partial charge in [0.15, 0.2) is 0 Å². The summed E-state index contributed by atoms with van der Waals surface area (Å²) in [4.78, 5) is 0. The molecule has 1 aliphatic rings. The largest absolute Gasteiger partial charge is 0.383 e. The summed E-state index contributed by atoms with van der Waals surface area (Å²) in [5, 5.41) is 13.2. The molecule has 0 bridgehead atoms. The smallest absolute Gasteiger partial charge is 0.148 e. The monoisotopic (exact) mass is 268 g/mol. The molecule has 0 amide bonds. The molecule has 0 saturated heterocycles. The number of nitrogens with zero attached hydrogens (tertiary/aromatic N) is 3. The van der Waals surface area contributed by atoms with E-state index in [1.54, 1.807) is 0 Å². The summed E-state index contributed by atoms with van der Waals surface area (Å²) in [6.07, 6.45) is 5.98. The average molecular weight is 269 g/mol. The van der Waals surface area contributed by atoms with Gasteiger partial charge < -0.3 is 5.73 Å². The number of hydrogen-bond donors (Lipinski definition) is 1. The van der Waals surface area contributed by atoms with E-state index < -0.39 is 0 Å². The summed E-state index contributed by atoms with van der Waals surface area (Å²) >= 11 is 3.26. The number of hydrogen-bond acceptors (Lipinski definition) is 3. The topological polar surface area (TPSA) is 67.6 Å². The zero-order valence-corrected chi connectivity index (χ0v) is 10.00. The van der Waals surface area contributed by atoms with Crippen molar-refractivity contribution in [2.24, 2.45) is 0 Å². The van der Waals surface area contributed by atoms with Crippen LogP contribution < -0.4 is 5.73 Å². The van der Waals surface area contributed by atoms with Gasteiger partial charge in [0, 0.05) is 0 Å². The average Bonchev–Trinajstić information content (AvgIpc) is 2.55. The van der Waals surface area contributed by atoms with Gasteiger partial charge in [-0.05, 0) is 28.8 Å². The molecule has 80 valence electrons. The molecule has 0 spiro atoms. The van der Waals surface area contributed by atoms with Gasteiger partial charge >= 0.3 is 0 Å². The molecule has 5 heteroatoms. The first-order valence-electron chi connectivity index (χ1n) is 5.17. The van der Waals surface area contributed by atoms with Gasteiger partial charge in [0.05, 0.1) is 6.04 Å². The summed E-state index contributed by atoms with van der Waals surface area (Å²) in [6.45, 7) is 0. The fourth-order valence-electron chi connectivity index (χ4n) is 2.13. The van der Waals surface area contributed by atoms with Gasteiger partial charge in [-0.3, -0.25) is 0 Å². The van der Waals surface area contributed by atoms with Crippen LogP contribution in [0.4, 0.5) is 5.82 Å². The van der Waals surface area contributed by atoms with Crippen molar-refractivity contribution in [1.82, 2.24) is 9.78 Å². The molecule has 0 aliphatic heterocycles. The number of nitrogen functional groups attached to an aromatic ring is 1. The van der Waals surface area contributed by atoms with Gasteiger partial charge in [-0.1, -0.05) is 19.3 Å². The van der Waals surface area contributed by atoms with Crippen molar-refractivity contribution in [2.45, 2.75) is 38.1 Å². The minimum Gasteiger partial charge on any atom is -0.383 e. The third kappa shape index (κ3) is 1.86. The molecule has 1 aliphatic carbocycles. The molecule has 0 unspecified atom stereocenters. The second-order valence-electron chi connectivity index (χ2n) is 3.90. The van der Waals surface area contributed by atoms with Crippen LogP contribution in [-0.4, -0.2) is 9.78 Å². The van der Waals surface area contributed by atoms with Crippen LogP contribution >= 0.6 is 15.9 Å². The summed E-state index contributed by atoms with van der Waals surface area (Å²) < 4.78 is 2.37. The Morgan fingerprint density at radius 1 is 1.40 bits per heavy atom. The van der Waals surface area contributed by atoms with E-state index in [9.17, 15) is 0 Å². The van der Waals surface area contributed by atoms with Crippen molar-refractivity contribution >= 4 is 21.7 Å². The van der Waals surface area contributed by atoms with Crippen LogP contribution in [0.25, 0.3) is 0 Å². The normalized spacial score (nSPS) is 17.6. The van der Waals surface area contributed by atoms with Gasteiger partial charge in [-0.25, -0.2) is 4.68 Å². The van der Waals surface area contributed by atoms with E-state index in [1.165, 1.54) is 19.3 Å². The first-order valence-corrected chi connectivity index (χ1v) is 5.97. The standard InChI is InChI=1S/C10H13BrN4/c11-9-8(6-12)10(13)15(14-9)7-4-2-1-3-5-7/h7H,1-5,13H2. The van der Waals surface area contributed by atoms with Crippen LogP contribution in [0, 0.1) is 11.3 Å². The maximum absolute atomic E-state index is 8.90. The van der Waals surface area contributed by atoms with Gasteiger partial charge in [0.1, 0.15) is 22.1 Å². The first kappa shape index (κ1) is 10.5. The van der Waals surface area contributed by atoms with Crippen molar-refractivity contribution in [3.05, 3.63) is 10.2 Å². The molecule has 1 saturated carbocycles. The van der Waals surface area contributed by atoms with E-state index >= 15 is 0 Å². The minimum absolute atomic E-state index is 0.372. The molecule has 4 nitrogen and oxygen atoms in total. The lowest BCUT2D eigenvalue weighted by Crippen LogP contribution is -2.16. The molecule has 15 heavy (non-hydrogen) atoms. The molecule has 1 heterocycles. The fourth-order valence-corrected chi connectivity index (χ4v) is 2.59. The third-order valence-corrected chi connectivity index (χ3v) is 3.49. The predicted molar refractivity (Wildman–Crippen MR) is 61.2 cm³/mol. The number of rotatable bonds is 1. The summed E-state index contributed by atoms with van der Waals surface area (Å²) in [7, 11) is 0. The Bertz CT molecular complexity index is 398. The van der Waals surface area contributed by atoms with Crippen molar-refractivity contribution < 1.29 is 0 Å². The predicted octanol–water partition coefficient (Wildman–Crippen LogP) is 2.60. The lowest BCUT2D eigenvalue weighted by molar-refractivity contribution is 0.332. The zero-order chi connectivity index (χ0) is 10.8. The Hall–Kier alpha value is -1.02. The molecule has 0 radical (unpaired) electrons. The van der Waals surface area contributed by atoms with E-state index in [-0.39, 0.29) is 0 Å². The maximum Gasteiger partial charge on any atom is 0.148 e. The van der Waals surface area contributed by atoms with Gasteiger partial charge in [-0.15, -0.1) is 0 Å². The number of halogens is 1. The molecule has 1 aromatic rings. The number of nitriles is 1. The molecule has 0 aromatic carbocycles. The van der Waals surface area contributed by atoms with Crippen molar-refractivity contribution in [3.63, 3.8) is 0 Å². The Morgan fingerprint density at radius 3 is 2.60 bits per heavy atom. The van der Waals surface area contributed by atoms with Crippen LogP contribution in [0.1, 0.15) is 43.7 Å². The highest BCUT2D eigenvalue weighted by Crippen LogP contribution is 2.32. The van der Waals surface area contributed by atoms with E-state index in [4.69, 9.17) is 11.0 Å².